The van der Waals surface area contributed by atoms with Crippen LogP contribution in [-0.4, -0.2) is 24.2 Å². The Labute approximate surface area is 122 Å². The van der Waals surface area contributed by atoms with Gasteiger partial charge in [0.1, 0.15) is 5.15 Å². The number of carbonyl (C=O) groups is 1. The van der Waals surface area contributed by atoms with Crippen LogP contribution >= 0.6 is 11.6 Å². The summed E-state index contributed by atoms with van der Waals surface area (Å²) in [7, 11) is 1.33. The highest BCUT2D eigenvalue weighted by atomic mass is 35.5. The third kappa shape index (κ3) is 2.64. The van der Waals surface area contributed by atoms with Crippen LogP contribution in [0.2, 0.25) is 5.15 Å². The summed E-state index contributed by atoms with van der Waals surface area (Å²) in [5, 5.41) is 0.446. The summed E-state index contributed by atoms with van der Waals surface area (Å²) in [4.78, 5) is 11.9. The van der Waals surface area contributed by atoms with E-state index < -0.39 is 5.97 Å². The quantitative estimate of drug-likeness (QED) is 0.668. The summed E-state index contributed by atoms with van der Waals surface area (Å²) >= 11 is 6.35. The van der Waals surface area contributed by atoms with E-state index in [1.165, 1.54) is 7.11 Å². The highest BCUT2D eigenvalue weighted by Gasteiger charge is 2.21. The lowest BCUT2D eigenvalue weighted by Crippen LogP contribution is -2.09. The van der Waals surface area contributed by atoms with Crippen LogP contribution in [-0.2, 0) is 11.3 Å². The molecular formula is C14H16ClN3O2. The largest absolute Gasteiger partial charge is 0.465 e. The molecule has 0 aliphatic rings. The molecular weight excluding hydrogens is 278 g/mol. The minimum absolute atomic E-state index is 0.400. The van der Waals surface area contributed by atoms with Gasteiger partial charge in [0.25, 0.3) is 0 Å². The molecule has 0 unspecified atom stereocenters. The summed E-state index contributed by atoms with van der Waals surface area (Å²) in [6, 6.07) is 7.19. The van der Waals surface area contributed by atoms with Crippen LogP contribution in [0.25, 0.3) is 11.1 Å². The van der Waals surface area contributed by atoms with E-state index in [1.54, 1.807) is 22.9 Å². The van der Waals surface area contributed by atoms with E-state index >= 15 is 0 Å². The highest BCUT2D eigenvalue weighted by molar-refractivity contribution is 6.33. The standard InChI is InChI=1S/C14H16ClN3O2/c1-20-14(19)11-8-18(6-5-16)13(15)12(11)9-3-2-4-10(17)7-9/h2-4,7-8H,5-6,16-17H2,1H3. The maximum absolute atomic E-state index is 11.9. The molecule has 2 rings (SSSR count). The number of esters is 1. The average molecular weight is 294 g/mol. The van der Waals surface area contributed by atoms with E-state index in [9.17, 15) is 4.79 Å². The van der Waals surface area contributed by atoms with Gasteiger partial charge in [-0.15, -0.1) is 0 Å². The summed E-state index contributed by atoms with van der Waals surface area (Å²) in [5.41, 5.74) is 13.7. The molecule has 1 aromatic carbocycles. The fraction of sp³-hybridized carbons (Fsp3) is 0.214. The van der Waals surface area contributed by atoms with Crippen molar-refractivity contribution in [2.45, 2.75) is 6.54 Å². The van der Waals surface area contributed by atoms with Crippen LogP contribution in [0.5, 0.6) is 0 Å². The van der Waals surface area contributed by atoms with Crippen molar-refractivity contribution >= 4 is 23.3 Å². The van der Waals surface area contributed by atoms with E-state index in [-0.39, 0.29) is 0 Å². The second-order valence-electron chi connectivity index (χ2n) is 4.31. The van der Waals surface area contributed by atoms with Crippen molar-refractivity contribution in [3.05, 3.63) is 41.2 Å². The number of nitrogen functional groups attached to an aromatic ring is 1. The first-order valence-corrected chi connectivity index (χ1v) is 6.49. The van der Waals surface area contributed by atoms with Crippen LogP contribution in [0.1, 0.15) is 10.4 Å². The van der Waals surface area contributed by atoms with Gasteiger partial charge in [0.2, 0.25) is 0 Å². The van der Waals surface area contributed by atoms with Crippen molar-refractivity contribution in [3.63, 3.8) is 0 Å². The van der Waals surface area contributed by atoms with Crippen LogP contribution in [0.3, 0.4) is 0 Å². The zero-order chi connectivity index (χ0) is 14.7. The molecule has 20 heavy (non-hydrogen) atoms. The van der Waals surface area contributed by atoms with Crippen molar-refractivity contribution in [2.75, 3.05) is 19.4 Å². The molecule has 2 aromatic rings. The smallest absolute Gasteiger partial charge is 0.340 e. The van der Waals surface area contributed by atoms with E-state index in [0.717, 1.165) is 5.56 Å². The molecule has 0 fully saturated rings. The molecule has 0 atom stereocenters. The normalized spacial score (nSPS) is 10.6. The van der Waals surface area contributed by atoms with Crippen LogP contribution in [0.15, 0.2) is 30.5 Å². The number of anilines is 1. The van der Waals surface area contributed by atoms with Gasteiger partial charge in [0, 0.05) is 30.5 Å². The maximum atomic E-state index is 11.9. The molecule has 0 saturated carbocycles. The molecule has 0 amide bonds. The summed E-state index contributed by atoms with van der Waals surface area (Å²) in [6.07, 6.45) is 1.65. The zero-order valence-electron chi connectivity index (χ0n) is 11.1. The zero-order valence-corrected chi connectivity index (χ0v) is 11.9. The Morgan fingerprint density at radius 3 is 2.80 bits per heavy atom. The monoisotopic (exact) mass is 293 g/mol. The topological polar surface area (TPSA) is 83.3 Å². The number of carbonyl (C=O) groups excluding carboxylic acids is 1. The third-order valence-corrected chi connectivity index (χ3v) is 3.37. The Morgan fingerprint density at radius 1 is 1.45 bits per heavy atom. The molecule has 0 bridgehead atoms. The van der Waals surface area contributed by atoms with Crippen LogP contribution < -0.4 is 11.5 Å². The lowest BCUT2D eigenvalue weighted by atomic mass is 10.0. The molecule has 1 heterocycles. The van der Waals surface area contributed by atoms with Gasteiger partial charge >= 0.3 is 5.97 Å². The molecule has 1 aromatic heterocycles. The molecule has 5 nitrogen and oxygen atoms in total. The number of hydrogen-bond acceptors (Lipinski definition) is 4. The Bertz CT molecular complexity index is 637. The number of methoxy groups -OCH3 is 1. The lowest BCUT2D eigenvalue weighted by molar-refractivity contribution is 0.0601. The first-order valence-electron chi connectivity index (χ1n) is 6.11. The minimum atomic E-state index is -0.444. The van der Waals surface area contributed by atoms with Gasteiger partial charge in [-0.05, 0) is 17.7 Å². The lowest BCUT2D eigenvalue weighted by Gasteiger charge is -2.06. The minimum Gasteiger partial charge on any atom is -0.465 e. The van der Waals surface area contributed by atoms with Crippen LogP contribution in [0, 0.1) is 0 Å². The van der Waals surface area contributed by atoms with Crippen molar-refractivity contribution < 1.29 is 9.53 Å². The summed E-state index contributed by atoms with van der Waals surface area (Å²) < 4.78 is 6.53. The number of benzene rings is 1. The molecule has 106 valence electrons. The van der Waals surface area contributed by atoms with Crippen LogP contribution in [0.4, 0.5) is 5.69 Å². The molecule has 6 heteroatoms. The van der Waals surface area contributed by atoms with Gasteiger partial charge < -0.3 is 20.8 Å². The van der Waals surface area contributed by atoms with E-state index in [1.807, 2.05) is 12.1 Å². The number of nitrogens with two attached hydrogens (primary N) is 2. The van der Waals surface area contributed by atoms with Crippen molar-refractivity contribution in [1.82, 2.24) is 4.57 Å². The molecule has 0 aliphatic heterocycles. The van der Waals surface area contributed by atoms with Gasteiger partial charge in [0.15, 0.2) is 0 Å². The predicted molar refractivity (Wildman–Crippen MR) is 79.7 cm³/mol. The third-order valence-electron chi connectivity index (χ3n) is 2.96. The number of halogens is 1. The van der Waals surface area contributed by atoms with Gasteiger partial charge in [-0.2, -0.15) is 0 Å². The molecule has 0 saturated heterocycles. The number of nitrogens with zero attached hydrogens (tertiary/aromatic N) is 1. The van der Waals surface area contributed by atoms with Gasteiger partial charge in [0.05, 0.1) is 12.7 Å². The second kappa shape index (κ2) is 5.98. The van der Waals surface area contributed by atoms with Crippen molar-refractivity contribution in [2.24, 2.45) is 5.73 Å². The number of hydrogen-bond donors (Lipinski definition) is 2. The SMILES string of the molecule is COC(=O)c1cn(CCN)c(Cl)c1-c1cccc(N)c1. The molecule has 0 aliphatic carbocycles. The number of ether oxygens (including phenoxy) is 1. The first kappa shape index (κ1) is 14.4. The fourth-order valence-electron chi connectivity index (χ4n) is 2.07. The van der Waals surface area contributed by atoms with Gasteiger partial charge in [-0.1, -0.05) is 23.7 Å². The molecule has 4 N–H and O–H groups in total. The van der Waals surface area contributed by atoms with E-state index in [0.29, 0.717) is 35.1 Å². The Morgan fingerprint density at radius 2 is 2.20 bits per heavy atom. The van der Waals surface area contributed by atoms with Gasteiger partial charge in [-0.3, -0.25) is 0 Å². The predicted octanol–water partition coefficient (Wildman–Crippen LogP) is 2.14. The van der Waals surface area contributed by atoms with Crippen molar-refractivity contribution in [1.29, 1.82) is 0 Å². The summed E-state index contributed by atoms with van der Waals surface area (Å²) in [6.45, 7) is 0.941. The Hall–Kier alpha value is -1.98. The molecule has 0 radical (unpaired) electrons. The molecule has 0 spiro atoms. The highest BCUT2D eigenvalue weighted by Crippen LogP contribution is 2.34. The first-order chi connectivity index (χ1) is 9.58. The second-order valence-corrected chi connectivity index (χ2v) is 4.67. The average Bonchev–Trinajstić information content (AvgIpc) is 2.76. The van der Waals surface area contributed by atoms with E-state index in [4.69, 9.17) is 27.8 Å². The maximum Gasteiger partial charge on any atom is 0.340 e. The van der Waals surface area contributed by atoms with Crippen molar-refractivity contribution in [3.8, 4) is 11.1 Å². The Balaban J connectivity index is 2.63. The Kier molecular flexibility index (Phi) is 4.32. The number of aromatic nitrogens is 1. The van der Waals surface area contributed by atoms with E-state index in [2.05, 4.69) is 0 Å². The van der Waals surface area contributed by atoms with Gasteiger partial charge in [-0.25, -0.2) is 4.79 Å². The fourth-order valence-corrected chi connectivity index (χ4v) is 2.41. The number of rotatable bonds is 4. The summed E-state index contributed by atoms with van der Waals surface area (Å²) in [5.74, 6) is -0.444.